The normalized spacial score (nSPS) is 19.3. The van der Waals surface area contributed by atoms with Crippen molar-refractivity contribution in [3.05, 3.63) is 92.9 Å². The van der Waals surface area contributed by atoms with E-state index >= 15 is 0 Å². The Bertz CT molecular complexity index is 1280. The third-order valence-corrected chi connectivity index (χ3v) is 9.35. The smallest absolute Gasteiger partial charge is 0.240 e. The molecule has 3 aromatic carbocycles. The van der Waals surface area contributed by atoms with E-state index in [2.05, 4.69) is 23.5 Å². The first kappa shape index (κ1) is 27.3. The lowest BCUT2D eigenvalue weighted by atomic mass is 9.88. The Balaban J connectivity index is 1.50. The maximum Gasteiger partial charge on any atom is 0.240 e. The van der Waals surface area contributed by atoms with Crippen LogP contribution in [0.4, 0.5) is 5.69 Å². The molecule has 1 aliphatic rings. The largest absolute Gasteiger partial charge is 0.364 e. The predicted molar refractivity (Wildman–Crippen MR) is 151 cm³/mol. The lowest BCUT2D eigenvalue weighted by molar-refractivity contribution is 0.358. The SMILES string of the molecule is CCC(C)c1ccc(S(=O)(=O)NCC2CCC(c3ccc(Cl)cc3Cl)N(c3ccc(Cl)cc3)C2)cc1. The third kappa shape index (κ3) is 6.38. The molecule has 1 N–H and O–H groups in total. The summed E-state index contributed by atoms with van der Waals surface area (Å²) in [6.45, 7) is 5.31. The van der Waals surface area contributed by atoms with Gasteiger partial charge in [-0.2, -0.15) is 0 Å². The zero-order valence-corrected chi connectivity index (χ0v) is 23.5. The lowest BCUT2D eigenvalue weighted by Crippen LogP contribution is -2.42. The molecule has 0 spiro atoms. The van der Waals surface area contributed by atoms with Crippen molar-refractivity contribution in [2.24, 2.45) is 5.92 Å². The molecule has 0 aromatic heterocycles. The van der Waals surface area contributed by atoms with Crippen molar-refractivity contribution in [2.45, 2.75) is 50.0 Å². The van der Waals surface area contributed by atoms with E-state index in [0.29, 0.717) is 39.0 Å². The highest BCUT2D eigenvalue weighted by atomic mass is 35.5. The van der Waals surface area contributed by atoms with Crippen LogP contribution < -0.4 is 9.62 Å². The van der Waals surface area contributed by atoms with Crippen molar-refractivity contribution >= 4 is 50.5 Å². The first-order valence-corrected chi connectivity index (χ1v) is 14.9. The van der Waals surface area contributed by atoms with Gasteiger partial charge in [0.1, 0.15) is 0 Å². The van der Waals surface area contributed by atoms with Gasteiger partial charge in [-0.1, -0.05) is 66.8 Å². The van der Waals surface area contributed by atoms with Crippen LogP contribution in [0.3, 0.4) is 0 Å². The quantitative estimate of drug-likeness (QED) is 0.300. The molecule has 1 heterocycles. The van der Waals surface area contributed by atoms with Gasteiger partial charge in [-0.25, -0.2) is 13.1 Å². The van der Waals surface area contributed by atoms with Crippen molar-refractivity contribution in [2.75, 3.05) is 18.0 Å². The molecule has 0 aliphatic carbocycles. The number of halogens is 3. The van der Waals surface area contributed by atoms with Crippen LogP contribution >= 0.6 is 34.8 Å². The van der Waals surface area contributed by atoms with Gasteiger partial charge in [0.25, 0.3) is 0 Å². The standard InChI is InChI=1S/C28H31Cl3N2O2S/c1-3-19(2)21-5-12-25(13-6-21)36(34,35)32-17-20-4-15-28(26-14-9-23(30)16-27(26)31)33(18-20)24-10-7-22(29)8-11-24/h5-14,16,19-20,28,32H,3-4,15,17-18H2,1-2H3. The summed E-state index contributed by atoms with van der Waals surface area (Å²) in [4.78, 5) is 2.58. The highest BCUT2D eigenvalue weighted by Gasteiger charge is 2.31. The molecule has 3 atom stereocenters. The average molecular weight is 566 g/mol. The minimum Gasteiger partial charge on any atom is -0.364 e. The number of anilines is 1. The molecule has 0 radical (unpaired) electrons. The molecular formula is C28H31Cl3N2O2S. The predicted octanol–water partition coefficient (Wildman–Crippen LogP) is 8.10. The highest BCUT2D eigenvalue weighted by Crippen LogP contribution is 2.40. The summed E-state index contributed by atoms with van der Waals surface area (Å²) in [5.41, 5.74) is 3.18. The minimum atomic E-state index is -3.60. The monoisotopic (exact) mass is 564 g/mol. The fourth-order valence-corrected chi connectivity index (χ4v) is 6.52. The fourth-order valence-electron chi connectivity index (χ4n) is 4.75. The van der Waals surface area contributed by atoms with E-state index < -0.39 is 10.0 Å². The van der Waals surface area contributed by atoms with E-state index in [4.69, 9.17) is 34.8 Å². The van der Waals surface area contributed by atoms with Gasteiger partial charge in [-0.15, -0.1) is 0 Å². The summed E-state index contributed by atoms with van der Waals surface area (Å²) in [7, 11) is -3.60. The fraction of sp³-hybridized carbons (Fsp3) is 0.357. The molecule has 3 aromatic rings. The second kappa shape index (κ2) is 11.7. The number of rotatable bonds is 8. The summed E-state index contributed by atoms with van der Waals surface area (Å²) in [6.07, 6.45) is 2.71. The van der Waals surface area contributed by atoms with E-state index in [1.54, 1.807) is 18.2 Å². The number of piperidine rings is 1. The zero-order valence-electron chi connectivity index (χ0n) is 20.4. The Labute approximate surface area is 229 Å². The number of nitrogens with one attached hydrogen (secondary N) is 1. The lowest BCUT2D eigenvalue weighted by Gasteiger charge is -2.42. The Morgan fingerprint density at radius 1 is 0.944 bits per heavy atom. The molecule has 4 rings (SSSR count). The molecule has 8 heteroatoms. The Hall–Kier alpha value is -1.76. The van der Waals surface area contributed by atoms with Gasteiger partial charge < -0.3 is 4.90 Å². The topological polar surface area (TPSA) is 49.4 Å². The number of hydrogen-bond donors (Lipinski definition) is 1. The van der Waals surface area contributed by atoms with Crippen LogP contribution in [-0.4, -0.2) is 21.5 Å². The van der Waals surface area contributed by atoms with Crippen LogP contribution in [0.5, 0.6) is 0 Å². The second-order valence-corrected chi connectivity index (χ2v) is 12.5. The van der Waals surface area contributed by atoms with E-state index in [1.165, 1.54) is 0 Å². The van der Waals surface area contributed by atoms with Gasteiger partial charge in [-0.3, -0.25) is 0 Å². The van der Waals surface area contributed by atoms with E-state index in [9.17, 15) is 8.42 Å². The molecule has 0 amide bonds. The van der Waals surface area contributed by atoms with Crippen LogP contribution in [0, 0.1) is 5.92 Å². The van der Waals surface area contributed by atoms with Gasteiger partial charge in [0, 0.05) is 33.8 Å². The molecule has 4 nitrogen and oxygen atoms in total. The van der Waals surface area contributed by atoms with Crippen LogP contribution in [0.15, 0.2) is 71.6 Å². The van der Waals surface area contributed by atoms with Gasteiger partial charge in [0.05, 0.1) is 10.9 Å². The molecule has 1 aliphatic heterocycles. The van der Waals surface area contributed by atoms with Crippen LogP contribution in [0.2, 0.25) is 15.1 Å². The molecule has 192 valence electrons. The van der Waals surface area contributed by atoms with Gasteiger partial charge in [0.15, 0.2) is 0 Å². The highest BCUT2D eigenvalue weighted by molar-refractivity contribution is 7.89. The van der Waals surface area contributed by atoms with Gasteiger partial charge in [-0.05, 0) is 90.8 Å². The summed E-state index contributed by atoms with van der Waals surface area (Å²) in [5, 5.41) is 1.90. The molecule has 1 fully saturated rings. The summed E-state index contributed by atoms with van der Waals surface area (Å²) < 4.78 is 28.9. The molecule has 0 saturated carbocycles. The van der Waals surface area contributed by atoms with Gasteiger partial charge in [0.2, 0.25) is 10.0 Å². The average Bonchev–Trinajstić information content (AvgIpc) is 2.88. The Kier molecular flexibility index (Phi) is 8.90. The second-order valence-electron chi connectivity index (χ2n) is 9.48. The molecule has 36 heavy (non-hydrogen) atoms. The van der Waals surface area contributed by atoms with E-state index in [-0.39, 0.29) is 12.0 Å². The van der Waals surface area contributed by atoms with Crippen molar-refractivity contribution < 1.29 is 8.42 Å². The summed E-state index contributed by atoms with van der Waals surface area (Å²) in [6, 6.07) is 20.6. The van der Waals surface area contributed by atoms with E-state index in [1.807, 2.05) is 48.5 Å². The number of hydrogen-bond acceptors (Lipinski definition) is 3. The van der Waals surface area contributed by atoms with Crippen molar-refractivity contribution in [3.63, 3.8) is 0 Å². The van der Waals surface area contributed by atoms with Crippen molar-refractivity contribution in [1.29, 1.82) is 0 Å². The van der Waals surface area contributed by atoms with Crippen molar-refractivity contribution in [1.82, 2.24) is 4.72 Å². The minimum absolute atomic E-state index is 0.0527. The Morgan fingerprint density at radius 3 is 2.25 bits per heavy atom. The van der Waals surface area contributed by atoms with E-state index in [0.717, 1.165) is 36.1 Å². The first-order chi connectivity index (χ1) is 17.2. The van der Waals surface area contributed by atoms with Crippen molar-refractivity contribution in [3.8, 4) is 0 Å². The number of nitrogens with zero attached hydrogens (tertiary/aromatic N) is 1. The molecule has 0 bridgehead atoms. The summed E-state index contributed by atoms with van der Waals surface area (Å²) >= 11 is 18.9. The van der Waals surface area contributed by atoms with Gasteiger partial charge >= 0.3 is 0 Å². The van der Waals surface area contributed by atoms with Crippen LogP contribution in [0.1, 0.15) is 56.2 Å². The maximum absolute atomic E-state index is 13.0. The number of benzene rings is 3. The Morgan fingerprint density at radius 2 is 1.61 bits per heavy atom. The maximum atomic E-state index is 13.0. The number of sulfonamides is 1. The third-order valence-electron chi connectivity index (χ3n) is 7.09. The molecule has 3 unspecified atom stereocenters. The zero-order chi connectivity index (χ0) is 25.9. The van der Waals surface area contributed by atoms with Crippen LogP contribution in [0.25, 0.3) is 0 Å². The first-order valence-electron chi connectivity index (χ1n) is 12.2. The van der Waals surface area contributed by atoms with Crippen LogP contribution in [-0.2, 0) is 10.0 Å². The molecular weight excluding hydrogens is 535 g/mol. The molecule has 1 saturated heterocycles. The summed E-state index contributed by atoms with van der Waals surface area (Å²) in [5.74, 6) is 0.537.